The van der Waals surface area contributed by atoms with Crippen molar-refractivity contribution in [3.8, 4) is 0 Å². The van der Waals surface area contributed by atoms with Gasteiger partial charge >= 0.3 is 51.4 Å². The molecule has 1 radical (unpaired) electrons. The molecule has 0 fully saturated rings. The molecular formula is C3H6KO. The van der Waals surface area contributed by atoms with Crippen LogP contribution in [0.2, 0.25) is 0 Å². The average molecular weight is 97.2 g/mol. The Balaban J connectivity index is 0. The van der Waals surface area contributed by atoms with Crippen LogP contribution in [0.25, 0.3) is 0 Å². The van der Waals surface area contributed by atoms with Crippen LogP contribution in [0.1, 0.15) is 6.92 Å². The van der Waals surface area contributed by atoms with E-state index in [0.717, 1.165) is 0 Å². The molecule has 0 aliphatic carbocycles. The topological polar surface area (TPSA) is 17.1 Å². The molecule has 0 rings (SSSR count). The fourth-order valence-electron chi connectivity index (χ4n) is 0. The van der Waals surface area contributed by atoms with Crippen LogP contribution in [0.15, 0.2) is 0 Å². The van der Waals surface area contributed by atoms with Gasteiger partial charge in [0.2, 0.25) is 0 Å². The minimum absolute atomic E-state index is 0. The second kappa shape index (κ2) is 5.31. The average Bonchev–Trinajstić information content (AvgIpc) is 0.811. The van der Waals surface area contributed by atoms with Crippen LogP contribution in [0.5, 0.6) is 0 Å². The first-order valence-electron chi connectivity index (χ1n) is 1.06. The zero-order valence-electron chi connectivity index (χ0n) is 2.62. The van der Waals surface area contributed by atoms with E-state index in [2.05, 4.69) is 6.92 Å². The van der Waals surface area contributed by atoms with Crippen LogP contribution in [-0.4, -0.2) is 57.2 Å². The van der Waals surface area contributed by atoms with E-state index in [4.69, 9.17) is 0 Å². The summed E-state index contributed by atoms with van der Waals surface area (Å²) in [5.41, 5.74) is 0. The number of ketones is 1. The number of Topliss-reactive ketones (excluding diaryl/α,β-unsaturated/α-hetero) is 1. The summed E-state index contributed by atoms with van der Waals surface area (Å²) in [6.07, 6.45) is 0. The van der Waals surface area contributed by atoms with Gasteiger partial charge in [-0.1, -0.05) is 0 Å². The first kappa shape index (κ1) is 9.58. The fraction of sp³-hybridized carbons (Fsp3) is 0.333. The second-order valence-electron chi connectivity index (χ2n) is 0.702. The van der Waals surface area contributed by atoms with Crippen LogP contribution in [0.3, 0.4) is 0 Å². The Labute approximate surface area is 74.6 Å². The van der Waals surface area contributed by atoms with Gasteiger partial charge < -0.3 is 4.79 Å². The van der Waals surface area contributed by atoms with Crippen molar-refractivity contribution in [3.05, 3.63) is 6.92 Å². The molecule has 0 aromatic carbocycles. The van der Waals surface area contributed by atoms with Gasteiger partial charge in [0.15, 0.2) is 0 Å². The summed E-state index contributed by atoms with van der Waals surface area (Å²) in [7, 11) is 0. The van der Waals surface area contributed by atoms with Crippen molar-refractivity contribution in [1.82, 2.24) is 0 Å². The van der Waals surface area contributed by atoms with Crippen molar-refractivity contribution >= 4 is 57.2 Å². The molecule has 0 N–H and O–H groups in total. The Bertz CT molecular complexity index is 29.9. The van der Waals surface area contributed by atoms with E-state index >= 15 is 0 Å². The Morgan fingerprint density at radius 3 is 1.80 bits per heavy atom. The molecule has 0 heterocycles. The Morgan fingerprint density at radius 1 is 1.80 bits per heavy atom. The van der Waals surface area contributed by atoms with Crippen LogP contribution in [0.4, 0.5) is 0 Å². The predicted molar refractivity (Wildman–Crippen MR) is 23.2 cm³/mol. The molecule has 0 spiro atoms. The van der Waals surface area contributed by atoms with Gasteiger partial charge in [0, 0.05) is 6.92 Å². The molecule has 0 atom stereocenters. The van der Waals surface area contributed by atoms with Gasteiger partial charge in [-0.05, 0) is 6.92 Å². The molecule has 5 heavy (non-hydrogen) atoms. The monoisotopic (exact) mass is 97.0 g/mol. The maximum atomic E-state index is 9.33. The molecule has 0 aliphatic heterocycles. The Morgan fingerprint density at radius 2 is 1.80 bits per heavy atom. The number of carbonyl (C=O) groups is 1. The summed E-state index contributed by atoms with van der Waals surface area (Å²) in [4.78, 5) is 9.33. The SMILES string of the molecule is [CH2]C(C)=O.[KH]. The molecule has 0 saturated carbocycles. The van der Waals surface area contributed by atoms with Gasteiger partial charge in [0.05, 0.1) is 0 Å². The first-order chi connectivity index (χ1) is 1.73. The van der Waals surface area contributed by atoms with Crippen molar-refractivity contribution in [2.45, 2.75) is 6.92 Å². The third-order valence-electron chi connectivity index (χ3n) is 0. The molecule has 25 valence electrons. The number of rotatable bonds is 0. The third kappa shape index (κ3) is 34.0. The summed E-state index contributed by atoms with van der Waals surface area (Å²) in [5.74, 6) is -0.0833. The predicted octanol–water partition coefficient (Wildman–Crippen LogP) is -0.239. The van der Waals surface area contributed by atoms with Crippen LogP contribution < -0.4 is 0 Å². The molecular weight excluding hydrogens is 91.1 g/mol. The van der Waals surface area contributed by atoms with E-state index in [1.165, 1.54) is 6.92 Å². The minimum atomic E-state index is -0.0833. The zero-order valence-corrected chi connectivity index (χ0v) is 2.62. The van der Waals surface area contributed by atoms with Crippen LogP contribution in [0, 0.1) is 6.92 Å². The Hall–Kier alpha value is 1.31. The van der Waals surface area contributed by atoms with E-state index in [1.54, 1.807) is 0 Å². The summed E-state index contributed by atoms with van der Waals surface area (Å²) < 4.78 is 0. The zero-order chi connectivity index (χ0) is 3.58. The number of hydrogen-bond acceptors (Lipinski definition) is 1. The van der Waals surface area contributed by atoms with Crippen molar-refractivity contribution in [2.75, 3.05) is 0 Å². The van der Waals surface area contributed by atoms with Gasteiger partial charge in [-0.2, -0.15) is 0 Å². The Kier molecular flexibility index (Phi) is 10.2. The fourth-order valence-corrected chi connectivity index (χ4v) is 0. The summed E-state index contributed by atoms with van der Waals surface area (Å²) in [5, 5.41) is 0. The van der Waals surface area contributed by atoms with E-state index in [-0.39, 0.29) is 57.2 Å². The van der Waals surface area contributed by atoms with E-state index < -0.39 is 0 Å². The molecule has 0 bridgehead atoms. The van der Waals surface area contributed by atoms with E-state index in [1.807, 2.05) is 0 Å². The van der Waals surface area contributed by atoms with Crippen LogP contribution in [-0.2, 0) is 4.79 Å². The van der Waals surface area contributed by atoms with E-state index in [9.17, 15) is 4.79 Å². The van der Waals surface area contributed by atoms with E-state index in [0.29, 0.717) is 0 Å². The molecule has 0 aliphatic rings. The quantitative estimate of drug-likeness (QED) is 0.381. The molecule has 1 nitrogen and oxygen atoms in total. The molecule has 0 aromatic heterocycles. The molecule has 0 aromatic rings. The van der Waals surface area contributed by atoms with Gasteiger partial charge in [0.25, 0.3) is 0 Å². The van der Waals surface area contributed by atoms with Gasteiger partial charge in [-0.25, -0.2) is 0 Å². The third-order valence-corrected chi connectivity index (χ3v) is 0. The molecule has 0 amide bonds. The van der Waals surface area contributed by atoms with Crippen LogP contribution >= 0.6 is 0 Å². The summed E-state index contributed by atoms with van der Waals surface area (Å²) >= 11 is 0. The van der Waals surface area contributed by atoms with Crippen molar-refractivity contribution < 1.29 is 4.79 Å². The first-order valence-corrected chi connectivity index (χ1v) is 1.06. The van der Waals surface area contributed by atoms with Gasteiger partial charge in [0.1, 0.15) is 5.78 Å². The van der Waals surface area contributed by atoms with Gasteiger partial charge in [-0.3, -0.25) is 0 Å². The van der Waals surface area contributed by atoms with Crippen molar-refractivity contribution in [3.63, 3.8) is 0 Å². The van der Waals surface area contributed by atoms with Gasteiger partial charge in [-0.15, -0.1) is 0 Å². The summed E-state index contributed by atoms with van der Waals surface area (Å²) in [6.45, 7) is 4.42. The maximum absolute atomic E-state index is 9.33. The molecule has 0 unspecified atom stereocenters. The number of carbonyl (C=O) groups excluding carboxylic acids is 1. The normalized spacial score (nSPS) is 5.20. The van der Waals surface area contributed by atoms with Crippen molar-refractivity contribution in [2.24, 2.45) is 0 Å². The summed E-state index contributed by atoms with van der Waals surface area (Å²) in [6, 6.07) is 0. The van der Waals surface area contributed by atoms with Crippen molar-refractivity contribution in [1.29, 1.82) is 0 Å². The standard InChI is InChI=1S/C3H5O.K.H/c1-3(2)4;;/h1H2,2H3;;. The molecule has 2 heteroatoms. The molecule has 0 saturated heterocycles. The second-order valence-corrected chi connectivity index (χ2v) is 0.702. The number of hydrogen-bond donors (Lipinski definition) is 0.